The van der Waals surface area contributed by atoms with E-state index in [1.165, 1.54) is 34.4 Å². The number of piperidine rings is 1. The summed E-state index contributed by atoms with van der Waals surface area (Å²) in [6.07, 6.45) is 14.8. The van der Waals surface area contributed by atoms with Crippen LogP contribution in [0, 0.1) is 18.6 Å². The van der Waals surface area contributed by atoms with Gasteiger partial charge in [0.25, 0.3) is 0 Å². The third kappa shape index (κ3) is 13.1. The van der Waals surface area contributed by atoms with Crippen LogP contribution in [0.4, 0.5) is 26.1 Å². The molecular formula is C54H65F2N11O4S2. The Bertz CT molecular complexity index is 2900. The van der Waals surface area contributed by atoms with E-state index in [0.29, 0.717) is 76.8 Å². The molecule has 2 aliphatic heterocycles. The molecule has 19 heteroatoms. The van der Waals surface area contributed by atoms with Crippen molar-refractivity contribution in [1.29, 1.82) is 0 Å². The molecule has 0 atom stereocenters. The van der Waals surface area contributed by atoms with E-state index < -0.39 is 5.82 Å². The summed E-state index contributed by atoms with van der Waals surface area (Å²) >= 11 is 2.98. The van der Waals surface area contributed by atoms with E-state index in [1.54, 1.807) is 41.2 Å². The number of aryl methyl sites for hydroxylation is 1. The Morgan fingerprint density at radius 3 is 2.38 bits per heavy atom. The highest BCUT2D eigenvalue weighted by Gasteiger charge is 2.30. The van der Waals surface area contributed by atoms with Crippen LogP contribution in [0.5, 0.6) is 0 Å². The number of nitrogens with one attached hydrogen (secondary N) is 3. The molecule has 386 valence electrons. The molecule has 73 heavy (non-hydrogen) atoms. The maximum Gasteiger partial charge on any atom is 0.241 e. The number of aldehydes is 1. The molecule has 0 saturated carbocycles. The highest BCUT2D eigenvalue weighted by molar-refractivity contribution is 8.00. The van der Waals surface area contributed by atoms with Gasteiger partial charge in [-0.25, -0.2) is 34.2 Å². The molecule has 2 aliphatic rings. The minimum absolute atomic E-state index is 0.00300. The number of nitrogen functional groups attached to an aromatic ring is 1. The number of carbonyl (C=O) groups excluding carboxylic acids is 4. The Morgan fingerprint density at radius 2 is 1.63 bits per heavy atom. The third-order valence-corrected chi connectivity index (χ3v) is 15.7. The molecule has 3 amide bonds. The molecular weight excluding hydrogens is 969 g/mol. The van der Waals surface area contributed by atoms with Gasteiger partial charge < -0.3 is 25.5 Å². The fraction of sp³-hybridized carbons (Fsp3) is 0.444. The first-order chi connectivity index (χ1) is 35.5. The fourth-order valence-electron chi connectivity index (χ4n) is 9.70. The second-order valence-electron chi connectivity index (χ2n) is 18.7. The summed E-state index contributed by atoms with van der Waals surface area (Å²) in [6.45, 7) is 6.16. The number of likely N-dealkylation sites (tertiary alicyclic amines) is 1. The van der Waals surface area contributed by atoms with Crippen LogP contribution < -0.4 is 26.2 Å². The average Bonchev–Trinajstić information content (AvgIpc) is 4.12. The summed E-state index contributed by atoms with van der Waals surface area (Å²) < 4.78 is 36.2. The van der Waals surface area contributed by atoms with E-state index in [-0.39, 0.29) is 61.3 Å². The number of nitrogens with zero attached hydrogens (tertiary/aromatic N) is 7. The minimum atomic E-state index is -0.421. The number of rotatable bonds is 25. The van der Waals surface area contributed by atoms with Crippen molar-refractivity contribution in [1.82, 2.24) is 40.4 Å². The number of hydrogen-bond acceptors (Lipinski definition) is 13. The van der Waals surface area contributed by atoms with Crippen LogP contribution in [0.15, 0.2) is 60.8 Å². The minimum Gasteiger partial charge on any atom is -0.368 e. The SMILES string of the molecule is CCCSNc1cccc(-c2nc(C3CCN(C(=O)CCCCCCCCCCCNC(=O)CCC(=O)N4NCc5cc(F)c(-c6cccc7c6c(C)nn7CC=O)cc54)CC3)sc2-c2ccnc(N)n2)c1F. The summed E-state index contributed by atoms with van der Waals surface area (Å²) in [4.78, 5) is 66.7. The van der Waals surface area contributed by atoms with Crippen molar-refractivity contribution < 1.29 is 28.0 Å². The highest BCUT2D eigenvalue weighted by Crippen LogP contribution is 2.43. The Morgan fingerprint density at radius 1 is 0.890 bits per heavy atom. The van der Waals surface area contributed by atoms with E-state index in [0.717, 1.165) is 110 Å². The number of carbonyl (C=O) groups is 4. The van der Waals surface area contributed by atoms with E-state index in [4.69, 9.17) is 10.7 Å². The summed E-state index contributed by atoms with van der Waals surface area (Å²) in [5.74, 6) is 0.101. The summed E-state index contributed by atoms with van der Waals surface area (Å²) in [5.41, 5.74) is 14.5. The molecule has 0 aliphatic carbocycles. The number of benzene rings is 3. The standard InChI is InChI=1S/C54H65F2N11O4S2/c1-3-31-72-64-42-17-13-16-39(50(42)56)51-52(43-22-26-59-54(57)61-43)73-53(62-51)36-23-27-65(28-24-36)47(70)19-11-9-7-5-4-6-8-10-12-25-58-46(69)20-21-48(71)67-45-33-40(41(55)32-37(45)34-60-67)38-15-14-18-44-49(38)35(2)63-66(44)29-30-68/h13-18,22,26,30,32-33,36,60,64H,3-12,19-21,23-25,27-29,31,34H2,1-2H3,(H,58,69)(H2,57,59,61). The van der Waals surface area contributed by atoms with E-state index in [2.05, 4.69) is 37.5 Å². The first-order valence-electron chi connectivity index (χ1n) is 25.6. The van der Waals surface area contributed by atoms with Crippen molar-refractivity contribution in [3.8, 4) is 33.0 Å². The largest absolute Gasteiger partial charge is 0.368 e. The van der Waals surface area contributed by atoms with Gasteiger partial charge >= 0.3 is 0 Å². The van der Waals surface area contributed by atoms with Crippen LogP contribution in [0.3, 0.4) is 0 Å². The molecule has 0 spiro atoms. The van der Waals surface area contributed by atoms with Gasteiger partial charge in [-0.2, -0.15) is 5.10 Å². The molecule has 8 rings (SSSR count). The molecule has 0 unspecified atom stereocenters. The number of unbranched alkanes of at least 4 members (excludes halogenated alkanes) is 8. The lowest BCUT2D eigenvalue weighted by Gasteiger charge is -2.31. The lowest BCUT2D eigenvalue weighted by molar-refractivity contribution is -0.132. The number of hydrazine groups is 1. The van der Waals surface area contributed by atoms with Gasteiger partial charge in [0.1, 0.15) is 12.1 Å². The van der Waals surface area contributed by atoms with Gasteiger partial charge in [-0.15, -0.1) is 11.3 Å². The van der Waals surface area contributed by atoms with Crippen LogP contribution in [0.2, 0.25) is 0 Å². The number of hydrogen-bond donors (Lipinski definition) is 4. The number of amides is 3. The van der Waals surface area contributed by atoms with E-state index >= 15 is 8.78 Å². The van der Waals surface area contributed by atoms with Gasteiger partial charge in [0.15, 0.2) is 5.82 Å². The zero-order chi connectivity index (χ0) is 51.3. The predicted molar refractivity (Wildman–Crippen MR) is 287 cm³/mol. The number of aromatic nitrogens is 5. The van der Waals surface area contributed by atoms with Crippen LogP contribution in [-0.2, 0) is 32.3 Å². The average molecular weight is 1030 g/mol. The van der Waals surface area contributed by atoms with Crippen LogP contribution in [0.25, 0.3) is 43.9 Å². The highest BCUT2D eigenvalue weighted by atomic mass is 32.2. The van der Waals surface area contributed by atoms with Crippen LogP contribution in [0.1, 0.15) is 125 Å². The number of fused-ring (bicyclic) bond motifs is 2. The van der Waals surface area contributed by atoms with Crippen LogP contribution >= 0.6 is 23.3 Å². The predicted octanol–water partition coefficient (Wildman–Crippen LogP) is 10.7. The Balaban J connectivity index is 0.687. The molecule has 5 heterocycles. The molecule has 1 fully saturated rings. The van der Waals surface area contributed by atoms with Crippen molar-refractivity contribution in [3.05, 3.63) is 88.7 Å². The summed E-state index contributed by atoms with van der Waals surface area (Å²) in [6, 6.07) is 15.6. The van der Waals surface area contributed by atoms with Crippen molar-refractivity contribution >= 4 is 75.5 Å². The van der Waals surface area contributed by atoms with E-state index in [1.807, 2.05) is 30.0 Å². The van der Waals surface area contributed by atoms with Gasteiger partial charge in [-0.3, -0.25) is 19.1 Å². The number of anilines is 3. The Labute approximate surface area is 433 Å². The summed E-state index contributed by atoms with van der Waals surface area (Å²) in [7, 11) is 0. The second kappa shape index (κ2) is 25.6. The number of halogens is 2. The van der Waals surface area contributed by atoms with Crippen molar-refractivity contribution in [2.45, 2.75) is 129 Å². The van der Waals surface area contributed by atoms with Crippen molar-refractivity contribution in [3.63, 3.8) is 0 Å². The molecule has 0 bridgehead atoms. The van der Waals surface area contributed by atoms with Gasteiger partial charge in [0, 0.05) is 79.8 Å². The maximum absolute atomic E-state index is 16.0. The molecule has 6 aromatic rings. The fourth-order valence-corrected chi connectivity index (χ4v) is 11.5. The zero-order valence-corrected chi connectivity index (χ0v) is 43.3. The smallest absolute Gasteiger partial charge is 0.241 e. The molecule has 0 radical (unpaired) electrons. The third-order valence-electron chi connectivity index (χ3n) is 13.5. The van der Waals surface area contributed by atoms with Gasteiger partial charge in [-0.1, -0.05) is 82.0 Å². The molecule has 5 N–H and O–H groups in total. The van der Waals surface area contributed by atoms with Crippen molar-refractivity contribution in [2.24, 2.45) is 0 Å². The van der Waals surface area contributed by atoms with Gasteiger partial charge in [-0.05, 0) is 86.6 Å². The van der Waals surface area contributed by atoms with Crippen molar-refractivity contribution in [2.75, 3.05) is 40.9 Å². The van der Waals surface area contributed by atoms with E-state index in [9.17, 15) is 19.2 Å². The van der Waals surface area contributed by atoms with Gasteiger partial charge in [0.2, 0.25) is 23.7 Å². The molecule has 1 saturated heterocycles. The maximum atomic E-state index is 16.0. The lowest BCUT2D eigenvalue weighted by atomic mass is 9.97. The Hall–Kier alpha value is -6.31. The van der Waals surface area contributed by atoms with Crippen LogP contribution in [-0.4, -0.2) is 79.0 Å². The lowest BCUT2D eigenvalue weighted by Crippen LogP contribution is -2.38. The number of nitrogens with two attached hydrogens (primary N) is 1. The molecule has 15 nitrogen and oxygen atoms in total. The monoisotopic (exact) mass is 1030 g/mol. The zero-order valence-electron chi connectivity index (χ0n) is 41.7. The number of thiazole rings is 1. The molecule has 3 aromatic carbocycles. The topological polar surface area (TPSA) is 193 Å². The summed E-state index contributed by atoms with van der Waals surface area (Å²) in [5, 5.41) is 10.5. The molecule has 3 aromatic heterocycles. The quantitative estimate of drug-likeness (QED) is 0.0241. The normalized spacial score (nSPS) is 13.7. The van der Waals surface area contributed by atoms with Gasteiger partial charge in [0.05, 0.1) is 50.4 Å². The Kier molecular flexibility index (Phi) is 18.6. The second-order valence-corrected chi connectivity index (χ2v) is 20.7. The first-order valence-corrected chi connectivity index (χ1v) is 27.4. The first kappa shape index (κ1) is 53.0.